The molecular weight excluding hydrogens is 294 g/mol. The molecule has 130 valence electrons. The highest BCUT2D eigenvalue weighted by Gasteiger charge is 2.17. The maximum atomic E-state index is 11.9. The van der Waals surface area contributed by atoms with Gasteiger partial charge in [-0.25, -0.2) is 0 Å². The average Bonchev–Trinajstić information content (AvgIpc) is 2.45. The zero-order chi connectivity index (χ0) is 17.0. The maximum absolute atomic E-state index is 11.9. The normalized spacial score (nSPS) is 12.7. The van der Waals surface area contributed by atoms with Gasteiger partial charge in [-0.3, -0.25) is 9.59 Å². The van der Waals surface area contributed by atoms with E-state index in [1.165, 1.54) is 0 Å². The predicted octanol–water partition coefficient (Wildman–Crippen LogP) is 4.45. The van der Waals surface area contributed by atoms with Gasteiger partial charge in [-0.15, -0.1) is 0 Å². The number of thioether (sulfide) groups is 1. The first kappa shape index (κ1) is 21.5. The van der Waals surface area contributed by atoms with Crippen molar-refractivity contribution in [3.8, 4) is 0 Å². The van der Waals surface area contributed by atoms with Crippen molar-refractivity contribution in [1.82, 2.24) is 5.32 Å². The SMILES string of the molecule is CCCSC(CCC(=O)NCCCC(C)C)CC(=O)C(C)C. The number of rotatable bonds is 13. The van der Waals surface area contributed by atoms with Crippen LogP contribution in [-0.2, 0) is 9.59 Å². The first-order valence-corrected chi connectivity index (χ1v) is 9.82. The van der Waals surface area contributed by atoms with E-state index in [4.69, 9.17) is 0 Å². The van der Waals surface area contributed by atoms with E-state index in [2.05, 4.69) is 26.1 Å². The molecule has 0 saturated heterocycles. The topological polar surface area (TPSA) is 46.2 Å². The number of ketones is 1. The lowest BCUT2D eigenvalue weighted by Crippen LogP contribution is -2.26. The van der Waals surface area contributed by atoms with Crippen molar-refractivity contribution < 1.29 is 9.59 Å². The van der Waals surface area contributed by atoms with E-state index in [9.17, 15) is 9.59 Å². The number of Topliss-reactive ketones (excluding diaryl/α,β-unsaturated/α-hetero) is 1. The summed E-state index contributed by atoms with van der Waals surface area (Å²) < 4.78 is 0. The molecule has 4 heteroatoms. The van der Waals surface area contributed by atoms with Crippen LogP contribution in [0.2, 0.25) is 0 Å². The number of nitrogens with one attached hydrogen (secondary N) is 1. The quantitative estimate of drug-likeness (QED) is 0.508. The van der Waals surface area contributed by atoms with Crippen LogP contribution < -0.4 is 5.32 Å². The molecule has 1 N–H and O–H groups in total. The largest absolute Gasteiger partial charge is 0.356 e. The summed E-state index contributed by atoms with van der Waals surface area (Å²) in [5, 5.41) is 3.28. The van der Waals surface area contributed by atoms with Gasteiger partial charge in [0.1, 0.15) is 5.78 Å². The van der Waals surface area contributed by atoms with Crippen LogP contribution in [0, 0.1) is 11.8 Å². The molecular formula is C18H35NO2S. The third-order valence-electron chi connectivity index (χ3n) is 3.60. The Bertz CT molecular complexity index is 316. The summed E-state index contributed by atoms with van der Waals surface area (Å²) in [6.07, 6.45) is 5.25. The number of hydrogen-bond acceptors (Lipinski definition) is 3. The summed E-state index contributed by atoms with van der Waals surface area (Å²) in [5.41, 5.74) is 0. The Morgan fingerprint density at radius 2 is 1.77 bits per heavy atom. The molecule has 0 saturated carbocycles. The zero-order valence-electron chi connectivity index (χ0n) is 15.1. The standard InChI is InChI=1S/C18H35NO2S/c1-6-12-22-16(13-17(20)15(4)5)9-10-18(21)19-11-7-8-14(2)3/h14-16H,6-13H2,1-5H3,(H,19,21). The van der Waals surface area contributed by atoms with Gasteiger partial charge in [0, 0.05) is 30.6 Å². The molecule has 0 aromatic heterocycles. The van der Waals surface area contributed by atoms with Crippen molar-refractivity contribution in [1.29, 1.82) is 0 Å². The number of carbonyl (C=O) groups excluding carboxylic acids is 2. The van der Waals surface area contributed by atoms with Crippen LogP contribution in [0.25, 0.3) is 0 Å². The monoisotopic (exact) mass is 329 g/mol. The molecule has 1 unspecified atom stereocenters. The molecule has 0 heterocycles. The minimum absolute atomic E-state index is 0.0922. The minimum Gasteiger partial charge on any atom is -0.356 e. The predicted molar refractivity (Wildman–Crippen MR) is 97.3 cm³/mol. The summed E-state index contributed by atoms with van der Waals surface area (Å²) in [4.78, 5) is 23.8. The van der Waals surface area contributed by atoms with Crippen molar-refractivity contribution in [3.05, 3.63) is 0 Å². The van der Waals surface area contributed by atoms with E-state index in [-0.39, 0.29) is 17.1 Å². The van der Waals surface area contributed by atoms with Gasteiger partial charge in [-0.2, -0.15) is 11.8 Å². The fraction of sp³-hybridized carbons (Fsp3) is 0.889. The fourth-order valence-electron chi connectivity index (χ4n) is 2.11. The Hall–Kier alpha value is -0.510. The molecule has 0 aromatic rings. The van der Waals surface area contributed by atoms with E-state index in [1.807, 2.05) is 25.6 Å². The van der Waals surface area contributed by atoms with Gasteiger partial charge in [0.15, 0.2) is 0 Å². The second-order valence-corrected chi connectivity index (χ2v) is 8.15. The lowest BCUT2D eigenvalue weighted by Gasteiger charge is -2.16. The molecule has 0 bridgehead atoms. The highest BCUT2D eigenvalue weighted by molar-refractivity contribution is 7.99. The third-order valence-corrected chi connectivity index (χ3v) is 5.12. The van der Waals surface area contributed by atoms with Crippen molar-refractivity contribution in [3.63, 3.8) is 0 Å². The van der Waals surface area contributed by atoms with Crippen molar-refractivity contribution in [2.24, 2.45) is 11.8 Å². The second kappa shape index (κ2) is 13.0. The molecule has 0 aliphatic heterocycles. The Kier molecular flexibility index (Phi) is 12.7. The average molecular weight is 330 g/mol. The smallest absolute Gasteiger partial charge is 0.220 e. The Morgan fingerprint density at radius 3 is 2.32 bits per heavy atom. The highest BCUT2D eigenvalue weighted by atomic mass is 32.2. The third kappa shape index (κ3) is 12.1. The first-order chi connectivity index (χ1) is 10.4. The molecule has 22 heavy (non-hydrogen) atoms. The summed E-state index contributed by atoms with van der Waals surface area (Å²) in [6.45, 7) is 11.2. The van der Waals surface area contributed by atoms with Crippen molar-refractivity contribution in [2.45, 2.75) is 78.4 Å². The second-order valence-electron chi connectivity index (χ2n) is 6.74. The van der Waals surface area contributed by atoms with E-state index in [1.54, 1.807) is 0 Å². The highest BCUT2D eigenvalue weighted by Crippen LogP contribution is 2.22. The fourth-order valence-corrected chi connectivity index (χ4v) is 3.24. The Balaban J connectivity index is 4.04. The molecule has 0 rings (SSSR count). The molecule has 0 aliphatic carbocycles. The minimum atomic E-state index is 0.0922. The number of carbonyl (C=O) groups is 2. The van der Waals surface area contributed by atoms with Crippen LogP contribution in [0.4, 0.5) is 0 Å². The van der Waals surface area contributed by atoms with Crippen LogP contribution in [0.5, 0.6) is 0 Å². The molecule has 0 aromatic carbocycles. The van der Waals surface area contributed by atoms with Gasteiger partial charge in [-0.1, -0.05) is 34.6 Å². The zero-order valence-corrected chi connectivity index (χ0v) is 15.9. The lowest BCUT2D eigenvalue weighted by atomic mass is 10.0. The van der Waals surface area contributed by atoms with Crippen LogP contribution in [0.1, 0.15) is 73.1 Å². The van der Waals surface area contributed by atoms with Gasteiger partial charge < -0.3 is 5.32 Å². The summed E-state index contributed by atoms with van der Waals surface area (Å²) >= 11 is 1.84. The van der Waals surface area contributed by atoms with Crippen LogP contribution in [-0.4, -0.2) is 29.2 Å². The molecule has 0 aliphatic rings. The van der Waals surface area contributed by atoms with Gasteiger partial charge >= 0.3 is 0 Å². The van der Waals surface area contributed by atoms with Crippen molar-refractivity contribution in [2.75, 3.05) is 12.3 Å². The van der Waals surface area contributed by atoms with Crippen LogP contribution in [0.15, 0.2) is 0 Å². The van der Waals surface area contributed by atoms with Gasteiger partial charge in [0.2, 0.25) is 5.91 Å². The molecule has 0 fully saturated rings. The summed E-state index contributed by atoms with van der Waals surface area (Å²) in [6, 6.07) is 0. The number of hydrogen-bond donors (Lipinski definition) is 1. The molecule has 0 spiro atoms. The Morgan fingerprint density at radius 1 is 1.09 bits per heavy atom. The van der Waals surface area contributed by atoms with Gasteiger partial charge in [0.05, 0.1) is 0 Å². The lowest BCUT2D eigenvalue weighted by molar-refractivity contribution is -0.123. The van der Waals surface area contributed by atoms with E-state index in [0.29, 0.717) is 24.5 Å². The van der Waals surface area contributed by atoms with E-state index < -0.39 is 0 Å². The first-order valence-electron chi connectivity index (χ1n) is 8.77. The van der Waals surface area contributed by atoms with Gasteiger partial charge in [-0.05, 0) is 37.4 Å². The van der Waals surface area contributed by atoms with Crippen LogP contribution in [0.3, 0.4) is 0 Å². The molecule has 0 radical (unpaired) electrons. The van der Waals surface area contributed by atoms with E-state index in [0.717, 1.165) is 38.0 Å². The summed E-state index contributed by atoms with van der Waals surface area (Å²) in [7, 11) is 0. The van der Waals surface area contributed by atoms with Crippen LogP contribution >= 0.6 is 11.8 Å². The number of amides is 1. The van der Waals surface area contributed by atoms with Gasteiger partial charge in [0.25, 0.3) is 0 Å². The van der Waals surface area contributed by atoms with E-state index >= 15 is 0 Å². The molecule has 1 atom stereocenters. The van der Waals surface area contributed by atoms with Crippen molar-refractivity contribution >= 4 is 23.5 Å². The maximum Gasteiger partial charge on any atom is 0.220 e. The Labute approximate surface area is 141 Å². The summed E-state index contributed by atoms with van der Waals surface area (Å²) in [5.74, 6) is 2.28. The molecule has 1 amide bonds. The molecule has 3 nitrogen and oxygen atoms in total.